The fourth-order valence-corrected chi connectivity index (χ4v) is 1.35. The number of hydrogen-bond donors (Lipinski definition) is 1. The molecule has 0 saturated heterocycles. The number of nitrogens with zero attached hydrogens (tertiary/aromatic N) is 1. The maximum absolute atomic E-state index is 11.1. The molecule has 1 aromatic carbocycles. The van der Waals surface area contributed by atoms with Gasteiger partial charge in [0.2, 0.25) is 5.88 Å². The number of benzene rings is 1. The van der Waals surface area contributed by atoms with Crippen LogP contribution in [-0.4, -0.2) is 16.6 Å². The summed E-state index contributed by atoms with van der Waals surface area (Å²) in [5, 5.41) is 0. The predicted octanol–water partition coefficient (Wildman–Crippen LogP) is 2.35. The largest absolute Gasteiger partial charge is 0.494 e. The van der Waals surface area contributed by atoms with Gasteiger partial charge in [-0.25, -0.2) is 4.98 Å². The van der Waals surface area contributed by atoms with Crippen LogP contribution in [0.5, 0.6) is 17.4 Å². The average molecular weight is 246 g/mol. The van der Waals surface area contributed by atoms with E-state index in [1.165, 1.54) is 12.4 Å². The summed E-state index contributed by atoms with van der Waals surface area (Å²) in [6.45, 7) is 2.74. The minimum absolute atomic E-state index is 0.247. The van der Waals surface area contributed by atoms with Gasteiger partial charge in [0, 0.05) is 0 Å². The first kappa shape index (κ1) is 12.2. The smallest absolute Gasteiger partial charge is 0.254 e. The van der Waals surface area contributed by atoms with Crippen LogP contribution < -0.4 is 15.0 Å². The molecular formula is C13H14N2O3. The van der Waals surface area contributed by atoms with Crippen LogP contribution >= 0.6 is 0 Å². The van der Waals surface area contributed by atoms with Gasteiger partial charge in [-0.15, -0.1) is 0 Å². The van der Waals surface area contributed by atoms with Crippen molar-refractivity contribution in [1.82, 2.24) is 9.97 Å². The molecule has 0 amide bonds. The van der Waals surface area contributed by atoms with Crippen molar-refractivity contribution in [1.29, 1.82) is 0 Å². The van der Waals surface area contributed by atoms with E-state index in [2.05, 4.69) is 16.9 Å². The molecule has 0 aliphatic rings. The summed E-state index contributed by atoms with van der Waals surface area (Å²) in [7, 11) is 0. The fraction of sp³-hybridized carbons (Fsp3) is 0.231. The second-order valence-electron chi connectivity index (χ2n) is 3.67. The number of ether oxygens (including phenoxy) is 2. The highest BCUT2D eigenvalue weighted by molar-refractivity contribution is 5.33. The Labute approximate surface area is 104 Å². The van der Waals surface area contributed by atoms with Crippen molar-refractivity contribution >= 4 is 0 Å². The van der Waals surface area contributed by atoms with E-state index in [0.717, 1.165) is 12.2 Å². The third-order valence-electron chi connectivity index (χ3n) is 2.17. The lowest BCUT2D eigenvalue weighted by Gasteiger charge is -2.06. The van der Waals surface area contributed by atoms with Crippen LogP contribution in [0.3, 0.4) is 0 Å². The molecule has 2 rings (SSSR count). The topological polar surface area (TPSA) is 64.2 Å². The molecule has 1 aromatic heterocycles. The molecule has 0 saturated carbocycles. The third kappa shape index (κ3) is 3.35. The molecule has 0 unspecified atom stereocenters. The van der Waals surface area contributed by atoms with E-state index in [0.29, 0.717) is 12.4 Å². The quantitative estimate of drug-likeness (QED) is 0.879. The monoisotopic (exact) mass is 246 g/mol. The first-order valence-electron chi connectivity index (χ1n) is 5.73. The highest BCUT2D eigenvalue weighted by atomic mass is 16.5. The van der Waals surface area contributed by atoms with Gasteiger partial charge in [-0.1, -0.05) is 6.92 Å². The molecule has 0 atom stereocenters. The summed E-state index contributed by atoms with van der Waals surface area (Å²) >= 11 is 0. The van der Waals surface area contributed by atoms with Gasteiger partial charge in [-0.3, -0.25) is 4.79 Å². The standard InChI is InChI=1S/C13H14N2O3/c1-2-7-17-10-3-5-11(6-4-10)18-13-8-12(16)14-9-15-13/h3-6,8-9H,2,7H2,1H3,(H,14,15,16). The second kappa shape index (κ2) is 5.86. The van der Waals surface area contributed by atoms with Crippen molar-refractivity contribution in [3.8, 4) is 17.4 Å². The van der Waals surface area contributed by atoms with E-state index in [1.807, 2.05) is 12.1 Å². The Hall–Kier alpha value is -2.30. The maximum atomic E-state index is 11.1. The lowest BCUT2D eigenvalue weighted by atomic mass is 10.3. The normalized spacial score (nSPS) is 10.1. The van der Waals surface area contributed by atoms with E-state index in [9.17, 15) is 4.79 Å². The van der Waals surface area contributed by atoms with Gasteiger partial charge in [0.1, 0.15) is 11.5 Å². The van der Waals surface area contributed by atoms with Crippen LogP contribution in [0.15, 0.2) is 41.5 Å². The Morgan fingerprint density at radius 1 is 1.22 bits per heavy atom. The molecule has 0 bridgehead atoms. The Morgan fingerprint density at radius 3 is 2.61 bits per heavy atom. The van der Waals surface area contributed by atoms with Gasteiger partial charge in [0.05, 0.1) is 19.0 Å². The Morgan fingerprint density at radius 2 is 1.94 bits per heavy atom. The SMILES string of the molecule is CCCOc1ccc(Oc2cc(=O)[nH]cn2)cc1. The zero-order chi connectivity index (χ0) is 12.8. The van der Waals surface area contributed by atoms with E-state index in [1.54, 1.807) is 12.1 Å². The number of aromatic amines is 1. The lowest BCUT2D eigenvalue weighted by Crippen LogP contribution is -2.04. The van der Waals surface area contributed by atoms with E-state index >= 15 is 0 Å². The molecule has 0 aliphatic carbocycles. The second-order valence-corrected chi connectivity index (χ2v) is 3.67. The van der Waals surface area contributed by atoms with Gasteiger partial charge >= 0.3 is 0 Å². The maximum Gasteiger partial charge on any atom is 0.254 e. The molecule has 5 heteroatoms. The average Bonchev–Trinajstić information content (AvgIpc) is 2.38. The van der Waals surface area contributed by atoms with Crippen molar-refractivity contribution in [2.45, 2.75) is 13.3 Å². The Kier molecular flexibility index (Phi) is 3.96. The van der Waals surface area contributed by atoms with E-state index in [-0.39, 0.29) is 11.4 Å². The molecule has 0 radical (unpaired) electrons. The molecule has 94 valence electrons. The number of rotatable bonds is 5. The van der Waals surface area contributed by atoms with Gasteiger partial charge in [-0.2, -0.15) is 0 Å². The number of aromatic nitrogens is 2. The lowest BCUT2D eigenvalue weighted by molar-refractivity contribution is 0.317. The third-order valence-corrected chi connectivity index (χ3v) is 2.17. The molecule has 1 heterocycles. The van der Waals surface area contributed by atoms with Crippen molar-refractivity contribution in [3.05, 3.63) is 47.0 Å². The Bertz CT molecular complexity index is 549. The predicted molar refractivity (Wildman–Crippen MR) is 67.2 cm³/mol. The van der Waals surface area contributed by atoms with Crippen molar-refractivity contribution in [3.63, 3.8) is 0 Å². The van der Waals surface area contributed by atoms with Gasteiger partial charge in [0.25, 0.3) is 5.56 Å². The highest BCUT2D eigenvalue weighted by Gasteiger charge is 2.00. The zero-order valence-electron chi connectivity index (χ0n) is 10.1. The van der Waals surface area contributed by atoms with Crippen LogP contribution in [0.2, 0.25) is 0 Å². The number of H-pyrrole nitrogens is 1. The number of nitrogens with one attached hydrogen (secondary N) is 1. The summed E-state index contributed by atoms with van der Waals surface area (Å²) in [5.74, 6) is 1.67. The number of hydrogen-bond acceptors (Lipinski definition) is 4. The van der Waals surface area contributed by atoms with E-state index in [4.69, 9.17) is 9.47 Å². The molecule has 5 nitrogen and oxygen atoms in total. The molecule has 2 aromatic rings. The van der Waals surface area contributed by atoms with Crippen LogP contribution in [0.4, 0.5) is 0 Å². The minimum atomic E-state index is -0.247. The fourth-order valence-electron chi connectivity index (χ4n) is 1.35. The van der Waals surface area contributed by atoms with E-state index < -0.39 is 0 Å². The molecule has 1 N–H and O–H groups in total. The first-order chi connectivity index (χ1) is 8.78. The zero-order valence-corrected chi connectivity index (χ0v) is 10.1. The van der Waals surface area contributed by atoms with Crippen LogP contribution in [0.25, 0.3) is 0 Å². The van der Waals surface area contributed by atoms with Crippen LogP contribution in [0, 0.1) is 0 Å². The molecule has 0 spiro atoms. The molecule has 0 aliphatic heterocycles. The minimum Gasteiger partial charge on any atom is -0.494 e. The molecule has 18 heavy (non-hydrogen) atoms. The van der Waals surface area contributed by atoms with Crippen LogP contribution in [-0.2, 0) is 0 Å². The highest BCUT2D eigenvalue weighted by Crippen LogP contribution is 2.21. The summed E-state index contributed by atoms with van der Waals surface area (Å²) in [6, 6.07) is 8.47. The van der Waals surface area contributed by atoms with Crippen molar-refractivity contribution in [2.75, 3.05) is 6.61 Å². The van der Waals surface area contributed by atoms with Crippen molar-refractivity contribution < 1.29 is 9.47 Å². The van der Waals surface area contributed by atoms with Crippen LogP contribution in [0.1, 0.15) is 13.3 Å². The first-order valence-corrected chi connectivity index (χ1v) is 5.73. The molecule has 0 fully saturated rings. The van der Waals surface area contributed by atoms with Gasteiger partial charge < -0.3 is 14.5 Å². The molecular weight excluding hydrogens is 232 g/mol. The van der Waals surface area contributed by atoms with Gasteiger partial charge in [-0.05, 0) is 30.7 Å². The summed E-state index contributed by atoms with van der Waals surface area (Å²) in [6.07, 6.45) is 2.27. The summed E-state index contributed by atoms with van der Waals surface area (Å²) in [4.78, 5) is 17.4. The summed E-state index contributed by atoms with van der Waals surface area (Å²) < 4.78 is 10.9. The Balaban J connectivity index is 2.04. The van der Waals surface area contributed by atoms with Crippen molar-refractivity contribution in [2.24, 2.45) is 0 Å². The van der Waals surface area contributed by atoms with Gasteiger partial charge in [0.15, 0.2) is 0 Å². The summed E-state index contributed by atoms with van der Waals surface area (Å²) in [5.41, 5.74) is -0.247.